The molecule has 0 spiro atoms. The van der Waals surface area contributed by atoms with Crippen LogP contribution in [0.2, 0.25) is 6.32 Å². The van der Waals surface area contributed by atoms with Gasteiger partial charge in [0.15, 0.2) is 0 Å². The van der Waals surface area contributed by atoms with Crippen LogP contribution in [0.1, 0.15) is 6.42 Å². The van der Waals surface area contributed by atoms with E-state index in [1.165, 1.54) is 7.48 Å². The van der Waals surface area contributed by atoms with Crippen LogP contribution in [0.5, 0.6) is 0 Å². The van der Waals surface area contributed by atoms with Crippen molar-refractivity contribution in [2.24, 2.45) is 0 Å². The second-order valence-corrected chi connectivity index (χ2v) is 1.81. The van der Waals surface area contributed by atoms with Crippen LogP contribution in [0.15, 0.2) is 0 Å². The van der Waals surface area contributed by atoms with Gasteiger partial charge >= 0.3 is 13.5 Å². The van der Waals surface area contributed by atoms with Gasteiger partial charge in [0.1, 0.15) is 0 Å². The largest absolute Gasteiger partial charge is 0.481 e. The van der Waals surface area contributed by atoms with Gasteiger partial charge in [-0.3, -0.25) is 9.68 Å². The Morgan fingerprint density at radius 2 is 2.67 bits per heavy atom. The monoisotopic (exact) mass is 129 g/mol. The third kappa shape index (κ3) is 2.03. The van der Waals surface area contributed by atoms with E-state index in [-0.39, 0.29) is 12.5 Å². The van der Waals surface area contributed by atoms with Crippen LogP contribution in [0.4, 0.5) is 0 Å². The molecule has 1 aliphatic heterocycles. The smallest absolute Gasteiger partial charge is 0.347 e. The highest BCUT2D eigenvalue weighted by Crippen LogP contribution is 2.11. The summed E-state index contributed by atoms with van der Waals surface area (Å²) >= 11 is 0. The molecule has 1 saturated heterocycles. The topological polar surface area (TPSA) is 55.8 Å². The molecule has 1 atom stereocenters. The summed E-state index contributed by atoms with van der Waals surface area (Å²) in [5, 5.41) is 8.22. The SMILES string of the molecule is O=C(O)CC1C[B]OO1. The molecule has 0 aromatic heterocycles. The van der Waals surface area contributed by atoms with Crippen LogP contribution in [0.25, 0.3) is 0 Å². The average molecular weight is 129 g/mol. The first-order valence-corrected chi connectivity index (χ1v) is 2.64. The highest BCUT2D eigenvalue weighted by molar-refractivity contribution is 6.27. The van der Waals surface area contributed by atoms with Crippen LogP contribution < -0.4 is 0 Å². The summed E-state index contributed by atoms with van der Waals surface area (Å²) in [7, 11) is 1.45. The molecule has 49 valence electrons. The fraction of sp³-hybridized carbons (Fsp3) is 0.750. The van der Waals surface area contributed by atoms with Gasteiger partial charge in [-0.25, -0.2) is 0 Å². The molecular formula is C4H6BO4. The van der Waals surface area contributed by atoms with Gasteiger partial charge in [-0.1, -0.05) is 0 Å². The van der Waals surface area contributed by atoms with Gasteiger partial charge < -0.3 is 9.91 Å². The minimum atomic E-state index is -0.862. The molecule has 1 rings (SSSR count). The average Bonchev–Trinajstić information content (AvgIpc) is 2.15. The number of rotatable bonds is 2. The molecule has 4 nitrogen and oxygen atoms in total. The maximum Gasteiger partial charge on any atom is 0.347 e. The molecule has 0 bridgehead atoms. The lowest BCUT2D eigenvalue weighted by molar-refractivity contribution is -0.220. The van der Waals surface area contributed by atoms with Crippen LogP contribution in [0, 0.1) is 0 Å². The summed E-state index contributed by atoms with van der Waals surface area (Å²) in [6.07, 6.45) is 0.283. The summed E-state index contributed by atoms with van der Waals surface area (Å²) in [5.41, 5.74) is 0. The predicted molar refractivity (Wildman–Crippen MR) is 28.8 cm³/mol. The molecule has 0 amide bonds. The fourth-order valence-electron chi connectivity index (χ4n) is 0.616. The first-order valence-electron chi connectivity index (χ1n) is 2.64. The normalized spacial score (nSPS) is 25.6. The molecule has 0 aromatic rings. The number of hydrogen-bond donors (Lipinski definition) is 1. The zero-order chi connectivity index (χ0) is 6.69. The highest BCUT2D eigenvalue weighted by atomic mass is 17.2. The van der Waals surface area contributed by atoms with Crippen molar-refractivity contribution in [3.05, 3.63) is 0 Å². The van der Waals surface area contributed by atoms with Gasteiger partial charge in [0, 0.05) is 0 Å². The predicted octanol–water partition coefficient (Wildman–Crippen LogP) is -0.171. The maximum atomic E-state index is 10.0. The van der Waals surface area contributed by atoms with Gasteiger partial charge in [-0.2, -0.15) is 0 Å². The van der Waals surface area contributed by atoms with E-state index in [9.17, 15) is 4.79 Å². The number of aliphatic carboxylic acids is 1. The molecule has 5 heteroatoms. The summed E-state index contributed by atoms with van der Waals surface area (Å²) in [5.74, 6) is -0.862. The summed E-state index contributed by atoms with van der Waals surface area (Å²) in [4.78, 5) is 18.9. The van der Waals surface area contributed by atoms with Crippen molar-refractivity contribution in [1.82, 2.24) is 0 Å². The van der Waals surface area contributed by atoms with E-state index in [1.54, 1.807) is 0 Å². The molecule has 1 heterocycles. The molecule has 1 fully saturated rings. The van der Waals surface area contributed by atoms with Gasteiger partial charge in [0.25, 0.3) is 0 Å². The van der Waals surface area contributed by atoms with Gasteiger partial charge in [-0.05, 0) is 6.32 Å². The Balaban J connectivity index is 2.19. The standard InChI is InChI=1S/C4H6BO4/c6-4(7)1-3-2-5-9-8-3/h3H,1-2H2,(H,6,7). The van der Waals surface area contributed by atoms with Crippen LogP contribution in [0.3, 0.4) is 0 Å². The fourth-order valence-corrected chi connectivity index (χ4v) is 0.616. The second kappa shape index (κ2) is 2.84. The van der Waals surface area contributed by atoms with E-state index >= 15 is 0 Å². The Morgan fingerprint density at radius 1 is 1.89 bits per heavy atom. The molecule has 1 N–H and O–H groups in total. The zero-order valence-corrected chi connectivity index (χ0v) is 4.74. The summed E-state index contributed by atoms with van der Waals surface area (Å²) < 4.78 is 0. The Hall–Kier alpha value is -0.545. The van der Waals surface area contributed by atoms with E-state index in [0.717, 1.165) is 0 Å². The third-order valence-corrected chi connectivity index (χ3v) is 1.02. The Kier molecular flexibility index (Phi) is 2.08. The Morgan fingerprint density at radius 3 is 3.11 bits per heavy atom. The number of hydrogen-bond acceptors (Lipinski definition) is 3. The number of carboxylic acid groups (broad SMARTS) is 1. The summed E-state index contributed by atoms with van der Waals surface area (Å²) in [6.45, 7) is 0. The lowest BCUT2D eigenvalue weighted by atomic mass is 9.92. The van der Waals surface area contributed by atoms with Gasteiger partial charge in [0.05, 0.1) is 12.5 Å². The molecule has 0 aromatic carbocycles. The molecule has 0 aliphatic carbocycles. The molecule has 1 radical (unpaired) electrons. The van der Waals surface area contributed by atoms with Crippen LogP contribution in [-0.2, 0) is 14.5 Å². The van der Waals surface area contributed by atoms with E-state index in [4.69, 9.17) is 5.11 Å². The Labute approximate surface area is 53.0 Å². The van der Waals surface area contributed by atoms with Gasteiger partial charge in [0.2, 0.25) is 0 Å². The lowest BCUT2D eigenvalue weighted by Crippen LogP contribution is -2.10. The lowest BCUT2D eigenvalue weighted by Gasteiger charge is -2.00. The van der Waals surface area contributed by atoms with E-state index < -0.39 is 5.97 Å². The molecule has 1 unspecified atom stereocenters. The molecule has 0 saturated carbocycles. The molecular weight excluding hydrogens is 123 g/mol. The highest BCUT2D eigenvalue weighted by Gasteiger charge is 2.21. The number of carbonyl (C=O) groups is 1. The van der Waals surface area contributed by atoms with Crippen molar-refractivity contribution in [3.63, 3.8) is 0 Å². The zero-order valence-electron chi connectivity index (χ0n) is 4.74. The summed E-state index contributed by atoms with van der Waals surface area (Å²) in [6, 6.07) is 0. The third-order valence-electron chi connectivity index (χ3n) is 1.02. The van der Waals surface area contributed by atoms with E-state index in [1.807, 2.05) is 0 Å². The maximum absolute atomic E-state index is 10.0. The second-order valence-electron chi connectivity index (χ2n) is 1.81. The van der Waals surface area contributed by atoms with Crippen LogP contribution >= 0.6 is 0 Å². The van der Waals surface area contributed by atoms with E-state index in [0.29, 0.717) is 6.32 Å². The van der Waals surface area contributed by atoms with Crippen molar-refractivity contribution >= 4 is 13.5 Å². The van der Waals surface area contributed by atoms with E-state index in [2.05, 4.69) is 9.69 Å². The van der Waals surface area contributed by atoms with Crippen molar-refractivity contribution in [3.8, 4) is 0 Å². The quantitative estimate of drug-likeness (QED) is 0.415. The van der Waals surface area contributed by atoms with Crippen molar-refractivity contribution in [1.29, 1.82) is 0 Å². The van der Waals surface area contributed by atoms with Crippen molar-refractivity contribution < 1.29 is 19.6 Å². The van der Waals surface area contributed by atoms with Crippen LogP contribution in [-0.4, -0.2) is 24.7 Å². The molecule has 9 heavy (non-hydrogen) atoms. The molecule has 1 aliphatic rings. The Bertz CT molecular complexity index is 109. The first-order chi connectivity index (χ1) is 4.29. The minimum absolute atomic E-state index is 0.0104. The van der Waals surface area contributed by atoms with Crippen molar-refractivity contribution in [2.45, 2.75) is 18.8 Å². The number of carboxylic acids is 1. The minimum Gasteiger partial charge on any atom is -0.481 e. The first kappa shape index (κ1) is 6.57. The van der Waals surface area contributed by atoms with Crippen molar-refractivity contribution in [2.75, 3.05) is 0 Å². The van der Waals surface area contributed by atoms with Gasteiger partial charge in [-0.15, -0.1) is 0 Å².